The van der Waals surface area contributed by atoms with Crippen LogP contribution in [0.15, 0.2) is 42.5 Å². The minimum absolute atomic E-state index is 0.237. The van der Waals surface area contributed by atoms with Gasteiger partial charge in [-0.05, 0) is 37.3 Å². The number of hydrogen-bond acceptors (Lipinski definition) is 4. The molecule has 0 fully saturated rings. The fraction of sp³-hybridized carbons (Fsp3) is 0.222. The molecular weight excluding hydrogens is 306 g/mol. The molecule has 6 nitrogen and oxygen atoms in total. The molecule has 1 aliphatic heterocycles. The SMILES string of the molecule is CC1Oc2cccc(NC(=O)c3cccc(N(C)C)c3)c2NC1=O. The van der Waals surface area contributed by atoms with E-state index < -0.39 is 6.10 Å². The topological polar surface area (TPSA) is 70.7 Å². The van der Waals surface area contributed by atoms with Gasteiger partial charge >= 0.3 is 0 Å². The number of anilines is 3. The summed E-state index contributed by atoms with van der Waals surface area (Å²) in [5.41, 5.74) is 2.46. The number of hydrogen-bond donors (Lipinski definition) is 2. The second kappa shape index (κ2) is 6.23. The predicted molar refractivity (Wildman–Crippen MR) is 93.9 cm³/mol. The van der Waals surface area contributed by atoms with Crippen LogP contribution >= 0.6 is 0 Å². The van der Waals surface area contributed by atoms with Gasteiger partial charge in [-0.15, -0.1) is 0 Å². The van der Waals surface area contributed by atoms with Gasteiger partial charge in [0.15, 0.2) is 6.10 Å². The van der Waals surface area contributed by atoms with Crippen LogP contribution in [0.25, 0.3) is 0 Å². The summed E-state index contributed by atoms with van der Waals surface area (Å²) in [7, 11) is 3.83. The summed E-state index contributed by atoms with van der Waals surface area (Å²) in [6.07, 6.45) is -0.555. The molecule has 1 atom stereocenters. The molecule has 0 saturated heterocycles. The highest BCUT2D eigenvalue weighted by Gasteiger charge is 2.26. The fourth-order valence-corrected chi connectivity index (χ4v) is 2.45. The second-order valence-corrected chi connectivity index (χ2v) is 5.83. The Bertz CT molecular complexity index is 802. The van der Waals surface area contributed by atoms with Gasteiger partial charge in [-0.25, -0.2) is 0 Å². The number of carbonyl (C=O) groups excluding carboxylic acids is 2. The number of nitrogens with one attached hydrogen (secondary N) is 2. The van der Waals surface area contributed by atoms with Gasteiger partial charge < -0.3 is 20.3 Å². The van der Waals surface area contributed by atoms with Crippen molar-refractivity contribution in [2.45, 2.75) is 13.0 Å². The normalized spacial score (nSPS) is 15.8. The minimum atomic E-state index is -0.555. The molecule has 2 aromatic rings. The lowest BCUT2D eigenvalue weighted by Crippen LogP contribution is -2.34. The lowest BCUT2D eigenvalue weighted by Gasteiger charge is -2.25. The van der Waals surface area contributed by atoms with E-state index in [0.29, 0.717) is 22.7 Å². The average Bonchev–Trinajstić information content (AvgIpc) is 2.56. The molecule has 24 heavy (non-hydrogen) atoms. The Hall–Kier alpha value is -3.02. The van der Waals surface area contributed by atoms with Crippen molar-refractivity contribution in [3.8, 4) is 5.75 Å². The summed E-state index contributed by atoms with van der Waals surface area (Å²) < 4.78 is 5.55. The number of rotatable bonds is 3. The first-order valence-electron chi connectivity index (χ1n) is 7.65. The standard InChI is InChI=1S/C18H19N3O3/c1-11-17(22)20-16-14(8-5-9-15(16)24-11)19-18(23)12-6-4-7-13(10-12)21(2)3/h4-11H,1-3H3,(H,19,23)(H,20,22). The van der Waals surface area contributed by atoms with Gasteiger partial charge in [0.25, 0.3) is 11.8 Å². The van der Waals surface area contributed by atoms with E-state index in [1.165, 1.54) is 0 Å². The largest absolute Gasteiger partial charge is 0.479 e. The monoisotopic (exact) mass is 325 g/mol. The maximum atomic E-state index is 12.5. The van der Waals surface area contributed by atoms with Crippen LogP contribution in [0.2, 0.25) is 0 Å². The first kappa shape index (κ1) is 15.9. The van der Waals surface area contributed by atoms with Crippen molar-refractivity contribution in [1.82, 2.24) is 0 Å². The molecule has 0 radical (unpaired) electrons. The molecule has 1 heterocycles. The molecule has 1 unspecified atom stereocenters. The van der Waals surface area contributed by atoms with E-state index in [4.69, 9.17) is 4.74 Å². The Morgan fingerprint density at radius 1 is 1.21 bits per heavy atom. The third-order valence-corrected chi connectivity index (χ3v) is 3.82. The Morgan fingerprint density at radius 3 is 2.71 bits per heavy atom. The van der Waals surface area contributed by atoms with Crippen LogP contribution in [-0.4, -0.2) is 32.0 Å². The molecule has 2 N–H and O–H groups in total. The summed E-state index contributed by atoms with van der Waals surface area (Å²) in [6.45, 7) is 1.68. The Morgan fingerprint density at radius 2 is 1.96 bits per heavy atom. The number of ether oxygens (including phenoxy) is 1. The van der Waals surface area contributed by atoms with Crippen molar-refractivity contribution >= 4 is 28.9 Å². The van der Waals surface area contributed by atoms with Gasteiger partial charge in [-0.3, -0.25) is 9.59 Å². The highest BCUT2D eigenvalue weighted by molar-refractivity contribution is 6.09. The van der Waals surface area contributed by atoms with Crippen LogP contribution in [0.5, 0.6) is 5.75 Å². The van der Waals surface area contributed by atoms with Crippen molar-refractivity contribution < 1.29 is 14.3 Å². The molecule has 0 saturated carbocycles. The van der Waals surface area contributed by atoms with Gasteiger partial charge in [0.2, 0.25) is 0 Å². The Labute approximate surface area is 140 Å². The number of nitrogens with zero attached hydrogens (tertiary/aromatic N) is 1. The minimum Gasteiger partial charge on any atom is -0.479 e. The highest BCUT2D eigenvalue weighted by Crippen LogP contribution is 2.36. The summed E-state index contributed by atoms with van der Waals surface area (Å²) in [4.78, 5) is 26.3. The number of carbonyl (C=O) groups is 2. The summed E-state index contributed by atoms with van der Waals surface area (Å²) in [6, 6.07) is 12.6. The van der Waals surface area contributed by atoms with Gasteiger partial charge in [0.1, 0.15) is 11.4 Å². The Kier molecular flexibility index (Phi) is 4.12. The zero-order chi connectivity index (χ0) is 17.3. The lowest BCUT2D eigenvalue weighted by molar-refractivity contribution is -0.122. The van der Waals surface area contributed by atoms with Crippen molar-refractivity contribution in [3.63, 3.8) is 0 Å². The lowest BCUT2D eigenvalue weighted by atomic mass is 10.1. The predicted octanol–water partition coefficient (Wildman–Crippen LogP) is 2.72. The molecule has 0 aliphatic carbocycles. The Balaban J connectivity index is 1.87. The zero-order valence-corrected chi connectivity index (χ0v) is 13.8. The summed E-state index contributed by atoms with van der Waals surface area (Å²) in [5.74, 6) is 0.0562. The van der Waals surface area contributed by atoms with E-state index in [-0.39, 0.29) is 11.8 Å². The quantitative estimate of drug-likeness (QED) is 0.910. The van der Waals surface area contributed by atoms with E-state index in [2.05, 4.69) is 10.6 Å². The smallest absolute Gasteiger partial charge is 0.265 e. The number of benzene rings is 2. The van der Waals surface area contributed by atoms with E-state index in [9.17, 15) is 9.59 Å². The highest BCUT2D eigenvalue weighted by atomic mass is 16.5. The van der Waals surface area contributed by atoms with E-state index in [0.717, 1.165) is 5.69 Å². The van der Waals surface area contributed by atoms with E-state index in [1.54, 1.807) is 31.2 Å². The maximum Gasteiger partial charge on any atom is 0.265 e. The summed E-state index contributed by atoms with van der Waals surface area (Å²) >= 11 is 0. The molecule has 3 rings (SSSR count). The summed E-state index contributed by atoms with van der Waals surface area (Å²) in [5, 5.41) is 5.61. The molecule has 6 heteroatoms. The van der Waals surface area contributed by atoms with Crippen LogP contribution in [0.3, 0.4) is 0 Å². The van der Waals surface area contributed by atoms with Gasteiger partial charge in [-0.2, -0.15) is 0 Å². The fourth-order valence-electron chi connectivity index (χ4n) is 2.45. The van der Waals surface area contributed by atoms with Crippen LogP contribution in [0, 0.1) is 0 Å². The first-order valence-corrected chi connectivity index (χ1v) is 7.65. The number of fused-ring (bicyclic) bond motifs is 1. The van der Waals surface area contributed by atoms with Gasteiger partial charge in [0.05, 0.1) is 5.69 Å². The molecule has 0 aromatic heterocycles. The van der Waals surface area contributed by atoms with E-state index in [1.807, 2.05) is 37.2 Å². The van der Waals surface area contributed by atoms with Crippen molar-refractivity contribution in [1.29, 1.82) is 0 Å². The maximum absolute atomic E-state index is 12.5. The third kappa shape index (κ3) is 3.03. The van der Waals surface area contributed by atoms with Crippen LogP contribution in [-0.2, 0) is 4.79 Å². The van der Waals surface area contributed by atoms with Crippen LogP contribution in [0.4, 0.5) is 17.1 Å². The molecule has 124 valence electrons. The van der Waals surface area contributed by atoms with Gasteiger partial charge in [-0.1, -0.05) is 12.1 Å². The average molecular weight is 325 g/mol. The van der Waals surface area contributed by atoms with Crippen molar-refractivity contribution in [2.24, 2.45) is 0 Å². The zero-order valence-electron chi connectivity index (χ0n) is 13.8. The third-order valence-electron chi connectivity index (χ3n) is 3.82. The van der Waals surface area contributed by atoms with E-state index >= 15 is 0 Å². The molecule has 1 aliphatic rings. The van der Waals surface area contributed by atoms with Crippen molar-refractivity contribution in [3.05, 3.63) is 48.0 Å². The number of amides is 2. The van der Waals surface area contributed by atoms with Gasteiger partial charge in [0, 0.05) is 25.3 Å². The molecular formula is C18H19N3O3. The first-order chi connectivity index (χ1) is 11.5. The molecule has 0 bridgehead atoms. The van der Waals surface area contributed by atoms with Crippen LogP contribution < -0.4 is 20.3 Å². The number of para-hydroxylation sites is 1. The van der Waals surface area contributed by atoms with Crippen molar-refractivity contribution in [2.75, 3.05) is 29.6 Å². The molecule has 2 aromatic carbocycles. The van der Waals surface area contributed by atoms with Crippen LogP contribution in [0.1, 0.15) is 17.3 Å². The molecule has 2 amide bonds. The second-order valence-electron chi connectivity index (χ2n) is 5.83. The molecule has 0 spiro atoms.